The molecule has 0 heterocycles. The number of thioether (sulfide) groups is 1. The fourth-order valence-electron chi connectivity index (χ4n) is 2.40. The van der Waals surface area contributed by atoms with Gasteiger partial charge in [-0.25, -0.2) is 4.39 Å². The molecule has 0 radical (unpaired) electrons. The molecule has 0 aromatic heterocycles. The molecule has 2 rings (SSSR count). The Morgan fingerprint density at radius 1 is 1.37 bits per heavy atom. The van der Waals surface area contributed by atoms with E-state index in [-0.39, 0.29) is 5.78 Å². The maximum absolute atomic E-state index is 13.2. The first-order chi connectivity index (χ1) is 9.20. The smallest absolute Gasteiger partial charge is 0.176 e. The van der Waals surface area contributed by atoms with E-state index in [1.165, 1.54) is 57.4 Å². The number of halogens is 1. The van der Waals surface area contributed by atoms with Gasteiger partial charge >= 0.3 is 0 Å². The van der Waals surface area contributed by atoms with Crippen molar-refractivity contribution in [1.29, 1.82) is 0 Å². The van der Waals surface area contributed by atoms with Gasteiger partial charge in [-0.15, -0.1) is 0 Å². The van der Waals surface area contributed by atoms with Gasteiger partial charge in [0.1, 0.15) is 11.6 Å². The van der Waals surface area contributed by atoms with Crippen LogP contribution in [0.3, 0.4) is 0 Å². The highest BCUT2D eigenvalue weighted by atomic mass is 32.2. The van der Waals surface area contributed by atoms with Crippen molar-refractivity contribution >= 4 is 17.5 Å². The fourth-order valence-corrected chi connectivity index (χ4v) is 3.61. The third-order valence-electron chi connectivity index (χ3n) is 3.46. The van der Waals surface area contributed by atoms with Gasteiger partial charge in [0.05, 0.1) is 18.4 Å². The van der Waals surface area contributed by atoms with Crippen molar-refractivity contribution in [2.45, 2.75) is 37.4 Å². The number of Topliss-reactive ketones (excluding diaryl/α,β-unsaturated/α-hetero) is 1. The molecule has 0 atom stereocenters. The van der Waals surface area contributed by atoms with Gasteiger partial charge in [-0.2, -0.15) is 11.8 Å². The average molecular weight is 282 g/mol. The van der Waals surface area contributed by atoms with Crippen LogP contribution in [0.15, 0.2) is 18.2 Å². The number of ketones is 1. The summed E-state index contributed by atoms with van der Waals surface area (Å²) in [4.78, 5) is 12.2. The molecule has 0 N–H and O–H groups in total. The summed E-state index contributed by atoms with van der Waals surface area (Å²) in [6.07, 6.45) is 6.21. The van der Waals surface area contributed by atoms with Crippen LogP contribution in [0.5, 0.6) is 5.75 Å². The summed E-state index contributed by atoms with van der Waals surface area (Å²) in [5.74, 6) is 0.416. The number of carbonyl (C=O) groups excluding carboxylic acids is 1. The van der Waals surface area contributed by atoms with Gasteiger partial charge in [-0.1, -0.05) is 19.3 Å². The second kappa shape index (κ2) is 6.94. The Morgan fingerprint density at radius 3 is 2.79 bits per heavy atom. The molecule has 2 nitrogen and oxygen atoms in total. The highest BCUT2D eigenvalue weighted by Crippen LogP contribution is 2.29. The van der Waals surface area contributed by atoms with E-state index in [2.05, 4.69) is 0 Å². The van der Waals surface area contributed by atoms with E-state index in [1.807, 2.05) is 0 Å². The molecule has 0 aliphatic heterocycles. The Morgan fingerprint density at radius 2 is 2.11 bits per heavy atom. The number of ether oxygens (including phenoxy) is 1. The molecule has 0 bridgehead atoms. The first kappa shape index (κ1) is 14.4. The zero-order chi connectivity index (χ0) is 13.7. The Kier molecular flexibility index (Phi) is 5.25. The monoisotopic (exact) mass is 282 g/mol. The zero-order valence-electron chi connectivity index (χ0n) is 11.2. The molecule has 0 unspecified atom stereocenters. The lowest BCUT2D eigenvalue weighted by molar-refractivity contribution is 0.101. The highest BCUT2D eigenvalue weighted by molar-refractivity contribution is 8.00. The summed E-state index contributed by atoms with van der Waals surface area (Å²) in [5.41, 5.74) is 0.353. The second-order valence-electron chi connectivity index (χ2n) is 4.84. The lowest BCUT2D eigenvalue weighted by atomic mass is 10.0. The molecule has 1 saturated carbocycles. The van der Waals surface area contributed by atoms with Gasteiger partial charge in [0.2, 0.25) is 0 Å². The van der Waals surface area contributed by atoms with Crippen LogP contribution < -0.4 is 4.74 Å². The summed E-state index contributed by atoms with van der Waals surface area (Å²) < 4.78 is 18.3. The fraction of sp³-hybridized carbons (Fsp3) is 0.533. The van der Waals surface area contributed by atoms with E-state index in [4.69, 9.17) is 4.74 Å². The molecular weight excluding hydrogens is 263 g/mol. The average Bonchev–Trinajstić information content (AvgIpc) is 2.46. The molecule has 1 aliphatic carbocycles. The van der Waals surface area contributed by atoms with Crippen LogP contribution in [-0.2, 0) is 0 Å². The Labute approximate surface area is 117 Å². The van der Waals surface area contributed by atoms with Crippen molar-refractivity contribution in [2.24, 2.45) is 0 Å². The molecule has 0 amide bonds. The van der Waals surface area contributed by atoms with Crippen LogP contribution in [0.25, 0.3) is 0 Å². The molecule has 1 fully saturated rings. The first-order valence-corrected chi connectivity index (χ1v) is 7.74. The summed E-state index contributed by atoms with van der Waals surface area (Å²) in [6, 6.07) is 4.08. The van der Waals surface area contributed by atoms with Crippen molar-refractivity contribution in [3.63, 3.8) is 0 Å². The maximum atomic E-state index is 13.2. The minimum Gasteiger partial charge on any atom is -0.496 e. The molecule has 19 heavy (non-hydrogen) atoms. The van der Waals surface area contributed by atoms with Gasteiger partial charge in [-0.05, 0) is 31.0 Å². The van der Waals surface area contributed by atoms with E-state index in [0.29, 0.717) is 22.3 Å². The molecular formula is C15H19FO2S. The third kappa shape index (κ3) is 3.96. The lowest BCUT2D eigenvalue weighted by Crippen LogP contribution is -2.13. The van der Waals surface area contributed by atoms with Gasteiger partial charge < -0.3 is 4.74 Å². The summed E-state index contributed by atoms with van der Waals surface area (Å²) in [7, 11) is 1.50. The topological polar surface area (TPSA) is 26.3 Å². The molecule has 104 valence electrons. The van der Waals surface area contributed by atoms with Crippen LogP contribution >= 0.6 is 11.8 Å². The number of carbonyl (C=O) groups is 1. The van der Waals surface area contributed by atoms with Crippen LogP contribution in [0, 0.1) is 5.82 Å². The molecule has 0 saturated heterocycles. The molecule has 1 aromatic carbocycles. The van der Waals surface area contributed by atoms with Crippen molar-refractivity contribution in [3.05, 3.63) is 29.6 Å². The number of methoxy groups -OCH3 is 1. The normalized spacial score (nSPS) is 16.3. The van der Waals surface area contributed by atoms with E-state index in [9.17, 15) is 9.18 Å². The minimum atomic E-state index is -0.396. The van der Waals surface area contributed by atoms with Gasteiger partial charge in [0.25, 0.3) is 0 Å². The Bertz CT molecular complexity index is 442. The molecule has 4 heteroatoms. The van der Waals surface area contributed by atoms with Crippen LogP contribution in [0.2, 0.25) is 0 Å². The summed E-state index contributed by atoms with van der Waals surface area (Å²) in [5, 5.41) is 0.581. The van der Waals surface area contributed by atoms with E-state index in [1.54, 1.807) is 11.8 Å². The van der Waals surface area contributed by atoms with Gasteiger partial charge in [0.15, 0.2) is 5.78 Å². The van der Waals surface area contributed by atoms with Crippen molar-refractivity contribution in [1.82, 2.24) is 0 Å². The van der Waals surface area contributed by atoms with E-state index < -0.39 is 5.82 Å². The van der Waals surface area contributed by atoms with Crippen LogP contribution in [0.1, 0.15) is 42.5 Å². The highest BCUT2D eigenvalue weighted by Gasteiger charge is 2.18. The van der Waals surface area contributed by atoms with Crippen molar-refractivity contribution in [2.75, 3.05) is 12.9 Å². The molecule has 1 aromatic rings. The molecule has 1 aliphatic rings. The quantitative estimate of drug-likeness (QED) is 0.761. The maximum Gasteiger partial charge on any atom is 0.176 e. The SMILES string of the molecule is COc1ccc(F)cc1C(=O)CSC1CCCCC1. The number of rotatable bonds is 5. The molecule has 0 spiro atoms. The Hall–Kier alpha value is -1.03. The predicted octanol–water partition coefficient (Wildman–Crippen LogP) is 4.08. The van der Waals surface area contributed by atoms with Crippen molar-refractivity contribution < 1.29 is 13.9 Å². The standard InChI is InChI=1S/C15H19FO2S/c1-18-15-8-7-11(16)9-13(15)14(17)10-19-12-5-3-2-4-6-12/h7-9,12H,2-6,10H2,1H3. The number of benzene rings is 1. The predicted molar refractivity (Wildman–Crippen MR) is 76.6 cm³/mol. The summed E-state index contributed by atoms with van der Waals surface area (Å²) >= 11 is 1.70. The van der Waals surface area contributed by atoms with E-state index >= 15 is 0 Å². The second-order valence-corrected chi connectivity index (χ2v) is 6.13. The summed E-state index contributed by atoms with van der Waals surface area (Å²) in [6.45, 7) is 0. The zero-order valence-corrected chi connectivity index (χ0v) is 12.0. The van der Waals surface area contributed by atoms with Crippen LogP contribution in [0.4, 0.5) is 4.39 Å². The van der Waals surface area contributed by atoms with Gasteiger partial charge in [-0.3, -0.25) is 4.79 Å². The number of hydrogen-bond acceptors (Lipinski definition) is 3. The van der Waals surface area contributed by atoms with E-state index in [0.717, 1.165) is 0 Å². The first-order valence-electron chi connectivity index (χ1n) is 6.69. The third-order valence-corrected chi connectivity index (χ3v) is 4.84. The van der Waals surface area contributed by atoms with Gasteiger partial charge in [0, 0.05) is 5.25 Å². The number of hydrogen-bond donors (Lipinski definition) is 0. The lowest BCUT2D eigenvalue weighted by Gasteiger charge is -2.20. The van der Waals surface area contributed by atoms with Crippen LogP contribution in [-0.4, -0.2) is 23.9 Å². The Balaban J connectivity index is 1.97. The largest absolute Gasteiger partial charge is 0.496 e. The van der Waals surface area contributed by atoms with Crippen molar-refractivity contribution in [3.8, 4) is 5.75 Å². The minimum absolute atomic E-state index is 0.0491.